The topological polar surface area (TPSA) is 98.6 Å². The Morgan fingerprint density at radius 1 is 1.26 bits per heavy atom. The highest BCUT2D eigenvalue weighted by Crippen LogP contribution is 2.24. The molecule has 1 aromatic heterocycles. The summed E-state index contributed by atoms with van der Waals surface area (Å²) in [6.45, 7) is 1.31. The van der Waals surface area contributed by atoms with Gasteiger partial charge >= 0.3 is 7.12 Å². The summed E-state index contributed by atoms with van der Waals surface area (Å²) in [4.78, 5) is 22.0. The van der Waals surface area contributed by atoms with Crippen molar-refractivity contribution in [1.29, 1.82) is 0 Å². The normalized spacial score (nSPS) is 26.0. The molecule has 2 bridgehead atoms. The second-order valence-corrected chi connectivity index (χ2v) is 5.07. The van der Waals surface area contributed by atoms with E-state index in [4.69, 9.17) is 10.0 Å². The molecule has 3 fully saturated rings. The van der Waals surface area contributed by atoms with Crippen LogP contribution >= 0.6 is 0 Å². The number of carbonyl (C=O) groups is 1. The number of amides is 1. The molecule has 7 nitrogen and oxygen atoms in total. The lowest BCUT2D eigenvalue weighted by atomic mass is 9.83. The lowest BCUT2D eigenvalue weighted by Gasteiger charge is -2.22. The van der Waals surface area contributed by atoms with Crippen LogP contribution in [-0.2, 0) is 4.79 Å². The van der Waals surface area contributed by atoms with Gasteiger partial charge in [0.25, 0.3) is 0 Å². The van der Waals surface area contributed by atoms with E-state index in [0.717, 1.165) is 12.8 Å². The molecule has 3 saturated heterocycles. The van der Waals surface area contributed by atoms with E-state index in [2.05, 4.69) is 15.3 Å². The summed E-state index contributed by atoms with van der Waals surface area (Å²) in [5.74, 6) is 0.629. The minimum absolute atomic E-state index is 0.00883. The summed E-state index contributed by atoms with van der Waals surface area (Å²) < 4.78 is 0. The largest absolute Gasteiger partial charge is 0.491 e. The maximum Gasteiger partial charge on any atom is 0.491 e. The van der Waals surface area contributed by atoms with Crippen molar-refractivity contribution in [2.24, 2.45) is 5.92 Å². The van der Waals surface area contributed by atoms with Crippen molar-refractivity contribution in [3.63, 3.8) is 0 Å². The van der Waals surface area contributed by atoms with E-state index in [1.54, 1.807) is 0 Å². The SMILES string of the molecule is O=C1N[C@@H]2CC[C@H]1CN(c1ncc(B(O)O)cn1)C2. The maximum atomic E-state index is 11.8. The molecule has 2 atom stereocenters. The van der Waals surface area contributed by atoms with Gasteiger partial charge in [-0.15, -0.1) is 0 Å². The van der Waals surface area contributed by atoms with Gasteiger partial charge in [-0.2, -0.15) is 0 Å². The molecule has 3 aliphatic heterocycles. The number of anilines is 1. The fraction of sp³-hybridized carbons (Fsp3) is 0.545. The van der Waals surface area contributed by atoms with Crippen molar-refractivity contribution >= 4 is 24.4 Å². The number of nitrogens with zero attached hydrogens (tertiary/aromatic N) is 3. The van der Waals surface area contributed by atoms with Gasteiger partial charge < -0.3 is 20.3 Å². The summed E-state index contributed by atoms with van der Waals surface area (Å²) in [5.41, 5.74) is 0.260. The smallest absolute Gasteiger partial charge is 0.423 e. The Morgan fingerprint density at radius 3 is 2.63 bits per heavy atom. The summed E-state index contributed by atoms with van der Waals surface area (Å²) in [7, 11) is -1.56. The number of hydrogen-bond acceptors (Lipinski definition) is 6. The van der Waals surface area contributed by atoms with Crippen molar-refractivity contribution in [3.05, 3.63) is 12.4 Å². The minimum Gasteiger partial charge on any atom is -0.423 e. The fourth-order valence-electron chi connectivity index (χ4n) is 2.63. The minimum atomic E-state index is -1.56. The molecule has 19 heavy (non-hydrogen) atoms. The first-order valence-electron chi connectivity index (χ1n) is 6.37. The van der Waals surface area contributed by atoms with Crippen LogP contribution in [0.3, 0.4) is 0 Å². The van der Waals surface area contributed by atoms with Crippen LogP contribution in [0.5, 0.6) is 0 Å². The van der Waals surface area contributed by atoms with Crippen molar-refractivity contribution < 1.29 is 14.8 Å². The molecule has 0 unspecified atom stereocenters. The van der Waals surface area contributed by atoms with Gasteiger partial charge in [-0.05, 0) is 12.8 Å². The zero-order valence-electron chi connectivity index (χ0n) is 10.4. The predicted molar refractivity (Wildman–Crippen MR) is 68.7 cm³/mol. The van der Waals surface area contributed by atoms with Crippen LogP contribution < -0.4 is 15.7 Å². The molecular weight excluding hydrogens is 247 g/mol. The van der Waals surface area contributed by atoms with Gasteiger partial charge in [0.15, 0.2) is 0 Å². The van der Waals surface area contributed by atoms with E-state index in [0.29, 0.717) is 19.0 Å². The third kappa shape index (κ3) is 2.41. The summed E-state index contributed by atoms with van der Waals surface area (Å²) in [5, 5.41) is 21.0. The lowest BCUT2D eigenvalue weighted by molar-refractivity contribution is -0.126. The van der Waals surface area contributed by atoms with Crippen molar-refractivity contribution in [1.82, 2.24) is 15.3 Å². The molecular formula is C11H15BN4O3. The number of hydrogen-bond donors (Lipinski definition) is 3. The monoisotopic (exact) mass is 262 g/mol. The van der Waals surface area contributed by atoms with E-state index >= 15 is 0 Å². The van der Waals surface area contributed by atoms with Gasteiger partial charge in [-0.1, -0.05) is 0 Å². The molecule has 1 aromatic rings. The Balaban J connectivity index is 1.80. The highest BCUT2D eigenvalue weighted by atomic mass is 16.4. The number of nitrogens with one attached hydrogen (secondary N) is 1. The third-order valence-electron chi connectivity index (χ3n) is 3.70. The van der Waals surface area contributed by atoms with E-state index in [-0.39, 0.29) is 23.3 Å². The van der Waals surface area contributed by atoms with Gasteiger partial charge in [-0.25, -0.2) is 9.97 Å². The molecule has 1 amide bonds. The molecule has 4 rings (SSSR count). The molecule has 0 spiro atoms. The second-order valence-electron chi connectivity index (χ2n) is 5.07. The Kier molecular flexibility index (Phi) is 3.12. The summed E-state index contributed by atoms with van der Waals surface area (Å²) in [6.07, 6.45) is 4.69. The molecule has 8 heteroatoms. The molecule has 3 N–H and O–H groups in total. The molecule has 0 aromatic carbocycles. The van der Waals surface area contributed by atoms with Gasteiger partial charge in [0.05, 0.1) is 5.92 Å². The number of piperidine rings is 1. The number of aromatic nitrogens is 2. The fourth-order valence-corrected chi connectivity index (χ4v) is 2.63. The van der Waals surface area contributed by atoms with E-state index in [1.165, 1.54) is 12.4 Å². The van der Waals surface area contributed by atoms with Crippen molar-refractivity contribution in [3.8, 4) is 0 Å². The van der Waals surface area contributed by atoms with Gasteiger partial charge in [-0.3, -0.25) is 4.79 Å². The number of carbonyl (C=O) groups excluding carboxylic acids is 1. The van der Waals surface area contributed by atoms with Gasteiger partial charge in [0.2, 0.25) is 11.9 Å². The molecule has 100 valence electrons. The van der Waals surface area contributed by atoms with Gasteiger partial charge in [0, 0.05) is 37.0 Å². The van der Waals surface area contributed by atoms with E-state index in [1.807, 2.05) is 4.90 Å². The number of fused-ring (bicyclic) bond motifs is 4. The molecule has 0 saturated carbocycles. The van der Waals surface area contributed by atoms with Crippen molar-refractivity contribution in [2.45, 2.75) is 18.9 Å². The van der Waals surface area contributed by atoms with Crippen LogP contribution in [0.1, 0.15) is 12.8 Å². The lowest BCUT2D eigenvalue weighted by Crippen LogP contribution is -2.43. The van der Waals surface area contributed by atoms with Crippen molar-refractivity contribution in [2.75, 3.05) is 18.0 Å². The first kappa shape index (κ1) is 12.4. The summed E-state index contributed by atoms with van der Waals surface area (Å²) >= 11 is 0. The zero-order chi connectivity index (χ0) is 13.4. The van der Waals surface area contributed by atoms with E-state index < -0.39 is 7.12 Å². The molecule has 0 radical (unpaired) electrons. The summed E-state index contributed by atoms with van der Waals surface area (Å²) in [6, 6.07) is 0.151. The standard InChI is InChI=1S/C11H15BN4O3/c17-10-7-1-2-9(15-10)6-16(5-7)11-13-3-8(4-14-11)12(18)19/h3-4,7,9,18-19H,1-2,5-6H2,(H,15,17)/t7-,9+/m0/s1. The predicted octanol–water partition coefficient (Wildman–Crippen LogP) is -2.13. The average molecular weight is 262 g/mol. The third-order valence-corrected chi connectivity index (χ3v) is 3.70. The quantitative estimate of drug-likeness (QED) is 0.527. The van der Waals surface area contributed by atoms with Crippen LogP contribution in [0.25, 0.3) is 0 Å². The van der Waals surface area contributed by atoms with E-state index in [9.17, 15) is 4.79 Å². The Hall–Kier alpha value is -1.67. The molecule has 4 heterocycles. The number of rotatable bonds is 2. The maximum absolute atomic E-state index is 11.8. The Labute approximate surface area is 110 Å². The molecule has 3 aliphatic rings. The molecule has 0 aliphatic carbocycles. The Morgan fingerprint density at radius 2 is 2.00 bits per heavy atom. The zero-order valence-corrected chi connectivity index (χ0v) is 10.4. The van der Waals surface area contributed by atoms with Crippen LogP contribution in [-0.4, -0.2) is 52.2 Å². The highest BCUT2D eigenvalue weighted by Gasteiger charge is 2.35. The van der Waals surface area contributed by atoms with Crippen LogP contribution in [0.15, 0.2) is 12.4 Å². The second kappa shape index (κ2) is 4.78. The highest BCUT2D eigenvalue weighted by molar-refractivity contribution is 6.58. The van der Waals surface area contributed by atoms with Crippen LogP contribution in [0.2, 0.25) is 0 Å². The Bertz CT molecular complexity index is 481. The van der Waals surface area contributed by atoms with Crippen LogP contribution in [0.4, 0.5) is 5.95 Å². The average Bonchev–Trinajstić information content (AvgIpc) is 2.70. The van der Waals surface area contributed by atoms with Gasteiger partial charge in [0.1, 0.15) is 0 Å². The van der Waals surface area contributed by atoms with Crippen LogP contribution in [0, 0.1) is 5.92 Å². The first-order valence-corrected chi connectivity index (χ1v) is 6.37. The first-order chi connectivity index (χ1) is 9.13.